The minimum atomic E-state index is -0.396. The van der Waals surface area contributed by atoms with Gasteiger partial charge in [-0.25, -0.2) is 4.68 Å². The molecule has 1 heterocycles. The highest BCUT2D eigenvalue weighted by molar-refractivity contribution is 5.02. The van der Waals surface area contributed by atoms with E-state index < -0.39 is 6.10 Å². The maximum absolute atomic E-state index is 10.2. The summed E-state index contributed by atoms with van der Waals surface area (Å²) in [5.41, 5.74) is 0.837. The number of hydrogen-bond donors (Lipinski definition) is 1. The van der Waals surface area contributed by atoms with E-state index in [-0.39, 0.29) is 0 Å². The number of nitrogens with zero attached hydrogens (tertiary/aromatic N) is 3. The van der Waals surface area contributed by atoms with Gasteiger partial charge < -0.3 is 5.11 Å². The van der Waals surface area contributed by atoms with E-state index in [1.165, 1.54) is 12.8 Å². The lowest BCUT2D eigenvalue weighted by Gasteiger charge is -2.21. The van der Waals surface area contributed by atoms with Crippen LogP contribution in [-0.2, 0) is 7.05 Å². The highest BCUT2D eigenvalue weighted by Crippen LogP contribution is 2.39. The molecule has 4 heteroatoms. The predicted molar refractivity (Wildman–Crippen MR) is 52.5 cm³/mol. The lowest BCUT2D eigenvalue weighted by atomic mass is 9.91. The molecule has 3 unspecified atom stereocenters. The van der Waals surface area contributed by atoms with E-state index in [0.717, 1.165) is 12.1 Å². The van der Waals surface area contributed by atoms with E-state index in [9.17, 15) is 5.11 Å². The predicted octanol–water partition coefficient (Wildman–Crippen LogP) is 1.28. The number of aromatic nitrogens is 3. The molecule has 1 aliphatic carbocycles. The molecule has 1 aromatic heterocycles. The first-order chi connectivity index (χ1) is 6.70. The fourth-order valence-corrected chi connectivity index (χ4v) is 2.43. The fraction of sp³-hybridized carbons (Fsp3) is 0.800. The molecular weight excluding hydrogens is 178 g/mol. The van der Waals surface area contributed by atoms with Gasteiger partial charge in [-0.05, 0) is 18.3 Å². The second kappa shape index (κ2) is 3.69. The first-order valence-electron chi connectivity index (χ1n) is 5.23. The van der Waals surface area contributed by atoms with Crippen LogP contribution >= 0.6 is 0 Å². The summed E-state index contributed by atoms with van der Waals surface area (Å²) in [6, 6.07) is 0. The molecule has 0 aliphatic heterocycles. The van der Waals surface area contributed by atoms with Crippen LogP contribution in [0.5, 0.6) is 0 Å². The molecule has 1 fully saturated rings. The van der Waals surface area contributed by atoms with Crippen molar-refractivity contribution in [2.75, 3.05) is 0 Å². The average Bonchev–Trinajstić information content (AvgIpc) is 2.73. The van der Waals surface area contributed by atoms with Crippen LogP contribution < -0.4 is 0 Å². The number of aryl methyl sites for hydroxylation is 1. The summed E-state index contributed by atoms with van der Waals surface area (Å²) >= 11 is 0. The molecule has 4 nitrogen and oxygen atoms in total. The topological polar surface area (TPSA) is 50.9 Å². The van der Waals surface area contributed by atoms with Gasteiger partial charge in [0.2, 0.25) is 0 Å². The summed E-state index contributed by atoms with van der Waals surface area (Å²) in [6.07, 6.45) is 4.84. The minimum Gasteiger partial charge on any atom is -0.386 e. The van der Waals surface area contributed by atoms with Gasteiger partial charge in [-0.1, -0.05) is 25.0 Å². The Morgan fingerprint density at radius 2 is 2.36 bits per heavy atom. The van der Waals surface area contributed by atoms with Crippen LogP contribution in [0, 0.1) is 11.8 Å². The third kappa shape index (κ3) is 1.54. The van der Waals surface area contributed by atoms with E-state index in [0.29, 0.717) is 11.8 Å². The van der Waals surface area contributed by atoms with Crippen LogP contribution in [0.15, 0.2) is 6.20 Å². The Labute approximate surface area is 83.9 Å². The van der Waals surface area contributed by atoms with Crippen molar-refractivity contribution in [1.82, 2.24) is 15.0 Å². The molecule has 0 aromatic carbocycles. The van der Waals surface area contributed by atoms with Crippen molar-refractivity contribution in [3.05, 3.63) is 11.9 Å². The Hall–Kier alpha value is -0.900. The number of aliphatic hydroxyl groups is 1. The zero-order chi connectivity index (χ0) is 10.1. The second-order valence-electron chi connectivity index (χ2n) is 4.30. The van der Waals surface area contributed by atoms with Crippen molar-refractivity contribution >= 4 is 0 Å². The van der Waals surface area contributed by atoms with E-state index in [1.807, 2.05) is 7.05 Å². The van der Waals surface area contributed by atoms with Crippen LogP contribution in [-0.4, -0.2) is 20.1 Å². The summed E-state index contributed by atoms with van der Waals surface area (Å²) < 4.78 is 1.66. The Balaban J connectivity index is 2.15. The second-order valence-corrected chi connectivity index (χ2v) is 4.30. The van der Waals surface area contributed by atoms with E-state index in [4.69, 9.17) is 0 Å². The van der Waals surface area contributed by atoms with Gasteiger partial charge in [0.15, 0.2) is 0 Å². The van der Waals surface area contributed by atoms with Crippen molar-refractivity contribution in [3.8, 4) is 0 Å². The van der Waals surface area contributed by atoms with Gasteiger partial charge in [-0.15, -0.1) is 5.10 Å². The fourth-order valence-electron chi connectivity index (χ4n) is 2.43. The summed E-state index contributed by atoms with van der Waals surface area (Å²) in [4.78, 5) is 0. The minimum absolute atomic E-state index is 0.382. The van der Waals surface area contributed by atoms with Crippen molar-refractivity contribution < 1.29 is 5.11 Å². The normalized spacial score (nSPS) is 29.4. The van der Waals surface area contributed by atoms with Gasteiger partial charge in [0.1, 0.15) is 6.10 Å². The lowest BCUT2D eigenvalue weighted by molar-refractivity contribution is 0.0826. The monoisotopic (exact) mass is 195 g/mol. The van der Waals surface area contributed by atoms with Crippen LogP contribution in [0.1, 0.15) is 38.0 Å². The highest BCUT2D eigenvalue weighted by Gasteiger charge is 2.32. The maximum atomic E-state index is 10.2. The SMILES string of the molecule is CC1CCCC1C(O)c1cnnn1C. The third-order valence-corrected chi connectivity index (χ3v) is 3.39. The van der Waals surface area contributed by atoms with Gasteiger partial charge in [-0.2, -0.15) is 0 Å². The average molecular weight is 195 g/mol. The van der Waals surface area contributed by atoms with Gasteiger partial charge in [-0.3, -0.25) is 0 Å². The van der Waals surface area contributed by atoms with Gasteiger partial charge >= 0.3 is 0 Å². The summed E-state index contributed by atoms with van der Waals surface area (Å²) in [7, 11) is 1.82. The Morgan fingerprint density at radius 3 is 2.86 bits per heavy atom. The van der Waals surface area contributed by atoms with Crippen LogP contribution in [0.2, 0.25) is 0 Å². The van der Waals surface area contributed by atoms with Gasteiger partial charge in [0, 0.05) is 7.05 Å². The third-order valence-electron chi connectivity index (χ3n) is 3.39. The molecule has 3 atom stereocenters. The van der Waals surface area contributed by atoms with E-state index in [1.54, 1.807) is 10.9 Å². The summed E-state index contributed by atoms with van der Waals surface area (Å²) in [5.74, 6) is 0.993. The Bertz CT molecular complexity index is 310. The molecule has 1 aromatic rings. The zero-order valence-corrected chi connectivity index (χ0v) is 8.72. The standard InChI is InChI=1S/C10H17N3O/c1-7-4-3-5-8(7)10(14)9-6-11-12-13(9)2/h6-8,10,14H,3-5H2,1-2H3. The molecular formula is C10H17N3O. The first kappa shape index (κ1) is 9.65. The Kier molecular flexibility index (Phi) is 2.54. The summed E-state index contributed by atoms with van der Waals surface area (Å²) in [6.45, 7) is 2.21. The zero-order valence-electron chi connectivity index (χ0n) is 8.72. The quantitative estimate of drug-likeness (QED) is 0.773. The van der Waals surface area contributed by atoms with Crippen LogP contribution in [0.25, 0.3) is 0 Å². The number of rotatable bonds is 2. The van der Waals surface area contributed by atoms with Crippen molar-refractivity contribution in [2.24, 2.45) is 18.9 Å². The molecule has 14 heavy (non-hydrogen) atoms. The largest absolute Gasteiger partial charge is 0.386 e. The number of aliphatic hydroxyl groups excluding tert-OH is 1. The van der Waals surface area contributed by atoms with Crippen LogP contribution in [0.3, 0.4) is 0 Å². The molecule has 0 saturated heterocycles. The van der Waals surface area contributed by atoms with Crippen molar-refractivity contribution in [1.29, 1.82) is 0 Å². The van der Waals surface area contributed by atoms with Crippen LogP contribution in [0.4, 0.5) is 0 Å². The van der Waals surface area contributed by atoms with Crippen molar-refractivity contribution in [2.45, 2.75) is 32.3 Å². The first-order valence-corrected chi connectivity index (χ1v) is 5.23. The molecule has 2 rings (SSSR count). The van der Waals surface area contributed by atoms with Gasteiger partial charge in [0.25, 0.3) is 0 Å². The smallest absolute Gasteiger partial charge is 0.100 e. The molecule has 1 N–H and O–H groups in total. The lowest BCUT2D eigenvalue weighted by Crippen LogP contribution is -2.17. The van der Waals surface area contributed by atoms with E-state index >= 15 is 0 Å². The maximum Gasteiger partial charge on any atom is 0.100 e. The molecule has 0 amide bonds. The molecule has 0 radical (unpaired) electrons. The molecule has 78 valence electrons. The molecule has 1 saturated carbocycles. The summed E-state index contributed by atoms with van der Waals surface area (Å²) in [5, 5.41) is 17.8. The van der Waals surface area contributed by atoms with Gasteiger partial charge in [0.05, 0.1) is 11.9 Å². The molecule has 1 aliphatic rings. The highest BCUT2D eigenvalue weighted by atomic mass is 16.3. The van der Waals surface area contributed by atoms with E-state index in [2.05, 4.69) is 17.2 Å². The Morgan fingerprint density at radius 1 is 1.57 bits per heavy atom. The molecule has 0 bridgehead atoms. The number of hydrogen-bond acceptors (Lipinski definition) is 3. The van der Waals surface area contributed by atoms with Crippen molar-refractivity contribution in [3.63, 3.8) is 0 Å². The molecule has 0 spiro atoms.